The van der Waals surface area contributed by atoms with Gasteiger partial charge in [0.15, 0.2) is 0 Å². The van der Waals surface area contributed by atoms with E-state index < -0.39 is 0 Å². The largest absolute Gasteiger partial charge is 0.324 e. The SMILES string of the molecule is CCCCCCn1c(/C=C/c2ccc(Cl)cc2)nc2ccccc21. The van der Waals surface area contributed by atoms with Gasteiger partial charge in [0.1, 0.15) is 5.82 Å². The summed E-state index contributed by atoms with van der Waals surface area (Å²) in [7, 11) is 0. The van der Waals surface area contributed by atoms with Gasteiger partial charge in [-0.2, -0.15) is 0 Å². The van der Waals surface area contributed by atoms with Crippen molar-refractivity contribution >= 4 is 34.8 Å². The fourth-order valence-corrected chi connectivity index (χ4v) is 3.02. The van der Waals surface area contributed by atoms with Crippen molar-refractivity contribution in [3.8, 4) is 0 Å². The Hall–Kier alpha value is -2.06. The quantitative estimate of drug-likeness (QED) is 0.453. The van der Waals surface area contributed by atoms with Crippen molar-refractivity contribution in [3.63, 3.8) is 0 Å². The van der Waals surface area contributed by atoms with Crippen molar-refractivity contribution in [1.29, 1.82) is 0 Å². The van der Waals surface area contributed by atoms with E-state index in [2.05, 4.69) is 41.8 Å². The van der Waals surface area contributed by atoms with E-state index in [1.807, 2.05) is 30.3 Å². The molecule has 1 aromatic heterocycles. The van der Waals surface area contributed by atoms with Crippen molar-refractivity contribution in [1.82, 2.24) is 9.55 Å². The minimum absolute atomic E-state index is 0.760. The lowest BCUT2D eigenvalue weighted by Gasteiger charge is -2.07. The van der Waals surface area contributed by atoms with Crippen LogP contribution < -0.4 is 0 Å². The van der Waals surface area contributed by atoms with E-state index in [9.17, 15) is 0 Å². The summed E-state index contributed by atoms with van der Waals surface area (Å²) >= 11 is 5.95. The predicted octanol–water partition coefficient (Wildman–Crippen LogP) is 6.44. The molecular formula is C21H23ClN2. The van der Waals surface area contributed by atoms with E-state index in [0.29, 0.717) is 0 Å². The summed E-state index contributed by atoms with van der Waals surface area (Å²) in [5, 5.41) is 0.760. The Balaban J connectivity index is 1.86. The van der Waals surface area contributed by atoms with Gasteiger partial charge in [0.25, 0.3) is 0 Å². The second kappa shape index (κ2) is 8.16. The highest BCUT2D eigenvalue weighted by atomic mass is 35.5. The van der Waals surface area contributed by atoms with Crippen LogP contribution in [0.1, 0.15) is 44.0 Å². The van der Waals surface area contributed by atoms with Crippen LogP contribution in [0.15, 0.2) is 48.5 Å². The first-order valence-electron chi connectivity index (χ1n) is 8.67. The Labute approximate surface area is 148 Å². The molecule has 0 radical (unpaired) electrons. The monoisotopic (exact) mass is 338 g/mol. The molecule has 0 aliphatic heterocycles. The second-order valence-corrected chi connectivity index (χ2v) is 6.49. The minimum atomic E-state index is 0.760. The number of para-hydroxylation sites is 2. The van der Waals surface area contributed by atoms with Crippen LogP contribution in [-0.4, -0.2) is 9.55 Å². The molecule has 124 valence electrons. The van der Waals surface area contributed by atoms with Crippen molar-refractivity contribution < 1.29 is 0 Å². The van der Waals surface area contributed by atoms with E-state index >= 15 is 0 Å². The topological polar surface area (TPSA) is 17.8 Å². The molecule has 0 saturated carbocycles. The van der Waals surface area contributed by atoms with Gasteiger partial charge in [-0.05, 0) is 42.3 Å². The van der Waals surface area contributed by atoms with Crippen molar-refractivity contribution in [2.75, 3.05) is 0 Å². The average molecular weight is 339 g/mol. The third-order valence-electron chi connectivity index (χ3n) is 4.21. The first-order chi connectivity index (χ1) is 11.8. The maximum atomic E-state index is 5.95. The number of halogens is 1. The molecule has 3 heteroatoms. The van der Waals surface area contributed by atoms with Crippen LogP contribution in [0.5, 0.6) is 0 Å². The van der Waals surface area contributed by atoms with Gasteiger partial charge >= 0.3 is 0 Å². The van der Waals surface area contributed by atoms with Gasteiger partial charge in [0.05, 0.1) is 11.0 Å². The Bertz CT molecular complexity index is 815. The molecule has 3 aromatic rings. The van der Waals surface area contributed by atoms with Crippen LogP contribution in [0.4, 0.5) is 0 Å². The third-order valence-corrected chi connectivity index (χ3v) is 4.47. The molecule has 0 atom stereocenters. The first-order valence-corrected chi connectivity index (χ1v) is 9.04. The number of rotatable bonds is 7. The molecule has 0 fully saturated rings. The summed E-state index contributed by atoms with van der Waals surface area (Å²) in [6.45, 7) is 3.26. The lowest BCUT2D eigenvalue weighted by atomic mass is 10.2. The maximum absolute atomic E-state index is 5.95. The van der Waals surface area contributed by atoms with Crippen LogP contribution >= 0.6 is 11.6 Å². The highest BCUT2D eigenvalue weighted by Gasteiger charge is 2.07. The van der Waals surface area contributed by atoms with Gasteiger partial charge in [-0.3, -0.25) is 0 Å². The molecule has 2 nitrogen and oxygen atoms in total. The molecule has 0 unspecified atom stereocenters. The van der Waals surface area contributed by atoms with Gasteiger partial charge in [-0.1, -0.05) is 68.1 Å². The zero-order valence-electron chi connectivity index (χ0n) is 14.1. The number of unbranched alkanes of at least 4 members (excludes halogenated alkanes) is 3. The zero-order valence-corrected chi connectivity index (χ0v) is 14.8. The Morgan fingerprint density at radius 1 is 0.958 bits per heavy atom. The predicted molar refractivity (Wildman–Crippen MR) is 104 cm³/mol. The normalized spacial score (nSPS) is 11.6. The standard InChI is InChI=1S/C21H23ClN2/c1-2-3-4-7-16-24-20-9-6-5-8-19(20)23-21(24)15-12-17-10-13-18(22)14-11-17/h5-6,8-15H,2-4,7,16H2,1H3/b15-12+. The zero-order chi connectivity index (χ0) is 16.8. The highest BCUT2D eigenvalue weighted by molar-refractivity contribution is 6.30. The molecule has 0 N–H and O–H groups in total. The van der Waals surface area contributed by atoms with E-state index in [1.165, 1.54) is 31.2 Å². The van der Waals surface area contributed by atoms with Crippen molar-refractivity contribution in [2.45, 2.75) is 39.2 Å². The fourth-order valence-electron chi connectivity index (χ4n) is 2.90. The van der Waals surface area contributed by atoms with E-state index in [4.69, 9.17) is 16.6 Å². The molecule has 2 aromatic carbocycles. The van der Waals surface area contributed by atoms with Gasteiger partial charge in [-0.25, -0.2) is 4.98 Å². The van der Waals surface area contributed by atoms with Crippen LogP contribution in [0.2, 0.25) is 5.02 Å². The number of aromatic nitrogens is 2. The number of hydrogen-bond acceptors (Lipinski definition) is 1. The smallest absolute Gasteiger partial charge is 0.133 e. The number of aryl methyl sites for hydroxylation is 1. The van der Waals surface area contributed by atoms with Gasteiger partial charge in [0, 0.05) is 11.6 Å². The Morgan fingerprint density at radius 2 is 1.75 bits per heavy atom. The number of benzene rings is 2. The summed E-state index contributed by atoms with van der Waals surface area (Å²) in [4.78, 5) is 4.79. The van der Waals surface area contributed by atoms with E-state index in [1.54, 1.807) is 0 Å². The summed E-state index contributed by atoms with van der Waals surface area (Å²) in [5.74, 6) is 1.02. The highest BCUT2D eigenvalue weighted by Crippen LogP contribution is 2.19. The third kappa shape index (κ3) is 4.07. The number of imidazole rings is 1. The molecule has 3 rings (SSSR count). The van der Waals surface area contributed by atoms with Crippen molar-refractivity contribution in [3.05, 3.63) is 64.9 Å². The summed E-state index contributed by atoms with van der Waals surface area (Å²) in [6.07, 6.45) is 9.21. The molecular weight excluding hydrogens is 316 g/mol. The Kier molecular flexibility index (Phi) is 5.71. The molecule has 24 heavy (non-hydrogen) atoms. The number of fused-ring (bicyclic) bond motifs is 1. The summed E-state index contributed by atoms with van der Waals surface area (Å²) in [6, 6.07) is 16.2. The van der Waals surface area contributed by atoms with Crippen LogP contribution in [0.25, 0.3) is 23.2 Å². The first kappa shape index (κ1) is 16.8. The van der Waals surface area contributed by atoms with E-state index in [0.717, 1.165) is 28.5 Å². The van der Waals surface area contributed by atoms with Crippen molar-refractivity contribution in [2.24, 2.45) is 0 Å². The van der Waals surface area contributed by atoms with Gasteiger partial charge in [-0.15, -0.1) is 0 Å². The second-order valence-electron chi connectivity index (χ2n) is 6.06. The molecule has 0 aliphatic rings. The molecule has 1 heterocycles. The molecule has 0 bridgehead atoms. The minimum Gasteiger partial charge on any atom is -0.324 e. The molecule has 0 amide bonds. The van der Waals surface area contributed by atoms with E-state index in [-0.39, 0.29) is 0 Å². The van der Waals surface area contributed by atoms with Gasteiger partial charge in [0.2, 0.25) is 0 Å². The lowest BCUT2D eigenvalue weighted by molar-refractivity contribution is 0.589. The van der Waals surface area contributed by atoms with Crippen LogP contribution in [0.3, 0.4) is 0 Å². The maximum Gasteiger partial charge on any atom is 0.133 e. The number of nitrogens with zero attached hydrogens (tertiary/aromatic N) is 2. The number of hydrogen-bond donors (Lipinski definition) is 0. The lowest BCUT2D eigenvalue weighted by Crippen LogP contribution is -2.00. The van der Waals surface area contributed by atoms with Crippen LogP contribution in [0, 0.1) is 0 Å². The molecule has 0 spiro atoms. The summed E-state index contributed by atoms with van der Waals surface area (Å²) in [5.41, 5.74) is 3.40. The molecule has 0 aliphatic carbocycles. The van der Waals surface area contributed by atoms with Crippen LogP contribution in [-0.2, 0) is 6.54 Å². The average Bonchev–Trinajstić information content (AvgIpc) is 2.96. The fraction of sp³-hybridized carbons (Fsp3) is 0.286. The Morgan fingerprint density at radius 3 is 2.54 bits per heavy atom. The summed E-state index contributed by atoms with van der Waals surface area (Å²) < 4.78 is 2.33. The van der Waals surface area contributed by atoms with Gasteiger partial charge < -0.3 is 4.57 Å². The molecule has 0 saturated heterocycles.